The fourth-order valence-electron chi connectivity index (χ4n) is 3.44. The van der Waals surface area contributed by atoms with Gasteiger partial charge in [0.1, 0.15) is 11.9 Å². The summed E-state index contributed by atoms with van der Waals surface area (Å²) in [6, 6.07) is 7.16. The number of phenols is 1. The van der Waals surface area contributed by atoms with Crippen molar-refractivity contribution in [1.82, 2.24) is 0 Å². The molecule has 1 aliphatic rings. The molecule has 1 aliphatic carbocycles. The highest BCUT2D eigenvalue weighted by atomic mass is 16.5. The molecule has 1 aromatic rings. The zero-order chi connectivity index (χ0) is 16.1. The summed E-state index contributed by atoms with van der Waals surface area (Å²) in [5.41, 5.74) is 0.803. The Bertz CT molecular complexity index is 495. The monoisotopic (exact) mass is 304 g/mol. The first-order valence-corrected chi connectivity index (χ1v) is 8.43. The minimum atomic E-state index is -0.145. The second-order valence-electron chi connectivity index (χ2n) is 6.98. The van der Waals surface area contributed by atoms with Crippen molar-refractivity contribution >= 4 is 5.97 Å². The highest BCUT2D eigenvalue weighted by Crippen LogP contribution is 2.35. The molecule has 3 unspecified atom stereocenters. The normalized spacial score (nSPS) is 25.2. The van der Waals surface area contributed by atoms with Gasteiger partial charge in [0.2, 0.25) is 0 Å². The van der Waals surface area contributed by atoms with E-state index in [1.807, 2.05) is 12.1 Å². The Balaban J connectivity index is 1.88. The van der Waals surface area contributed by atoms with E-state index in [9.17, 15) is 9.90 Å². The molecule has 3 nitrogen and oxygen atoms in total. The quantitative estimate of drug-likeness (QED) is 0.824. The molecule has 22 heavy (non-hydrogen) atoms. The minimum absolute atomic E-state index is 0.0561. The summed E-state index contributed by atoms with van der Waals surface area (Å²) in [5, 5.41) is 9.74. The molecular weight excluding hydrogens is 276 g/mol. The summed E-state index contributed by atoms with van der Waals surface area (Å²) in [4.78, 5) is 12.2. The number of para-hydroxylation sites is 1. The number of hydrogen-bond donors (Lipinski definition) is 1. The first-order chi connectivity index (χ1) is 10.5. The second kappa shape index (κ2) is 7.66. The third-order valence-electron chi connectivity index (χ3n) is 4.83. The van der Waals surface area contributed by atoms with Gasteiger partial charge in [-0.2, -0.15) is 0 Å². The van der Waals surface area contributed by atoms with Crippen LogP contribution in [0.2, 0.25) is 0 Å². The number of aromatic hydroxyl groups is 1. The number of rotatable bonds is 5. The van der Waals surface area contributed by atoms with Crippen LogP contribution in [0.25, 0.3) is 0 Å². The van der Waals surface area contributed by atoms with Crippen LogP contribution in [0.1, 0.15) is 52.0 Å². The maximum Gasteiger partial charge on any atom is 0.306 e. The number of benzene rings is 1. The van der Waals surface area contributed by atoms with Gasteiger partial charge in [-0.05, 0) is 48.6 Å². The summed E-state index contributed by atoms with van der Waals surface area (Å²) in [7, 11) is 0. The van der Waals surface area contributed by atoms with Gasteiger partial charge in [0, 0.05) is 6.42 Å². The molecule has 1 N–H and O–H groups in total. The zero-order valence-corrected chi connectivity index (χ0v) is 13.9. The lowest BCUT2D eigenvalue weighted by molar-refractivity contribution is -0.155. The lowest BCUT2D eigenvalue weighted by atomic mass is 9.75. The summed E-state index contributed by atoms with van der Waals surface area (Å²) < 4.78 is 5.78. The molecule has 0 bridgehead atoms. The maximum absolute atomic E-state index is 12.2. The summed E-state index contributed by atoms with van der Waals surface area (Å²) in [6.45, 7) is 6.66. The van der Waals surface area contributed by atoms with Gasteiger partial charge in [0.15, 0.2) is 0 Å². The first kappa shape index (κ1) is 16.9. The van der Waals surface area contributed by atoms with E-state index in [2.05, 4.69) is 20.8 Å². The topological polar surface area (TPSA) is 46.5 Å². The average molecular weight is 304 g/mol. The molecule has 122 valence electrons. The first-order valence-electron chi connectivity index (χ1n) is 8.43. The number of hydrogen-bond acceptors (Lipinski definition) is 3. The lowest BCUT2D eigenvalue weighted by Gasteiger charge is -2.36. The summed E-state index contributed by atoms with van der Waals surface area (Å²) in [5.74, 6) is 1.76. The van der Waals surface area contributed by atoms with E-state index >= 15 is 0 Å². The smallest absolute Gasteiger partial charge is 0.306 e. The van der Waals surface area contributed by atoms with Crippen molar-refractivity contribution in [2.24, 2.45) is 17.8 Å². The molecule has 0 spiro atoms. The Labute approximate surface area is 133 Å². The number of phenolic OH excluding ortho intramolecular Hbond substituents is 1. The molecule has 0 aromatic heterocycles. The zero-order valence-electron chi connectivity index (χ0n) is 13.9. The number of carbonyl (C=O) groups excluding carboxylic acids is 1. The van der Waals surface area contributed by atoms with Crippen LogP contribution in [0.5, 0.6) is 5.75 Å². The molecule has 1 fully saturated rings. The van der Waals surface area contributed by atoms with E-state index in [1.54, 1.807) is 12.1 Å². The molecule has 0 saturated heterocycles. The third-order valence-corrected chi connectivity index (χ3v) is 4.83. The summed E-state index contributed by atoms with van der Waals surface area (Å²) >= 11 is 0. The van der Waals surface area contributed by atoms with E-state index in [0.29, 0.717) is 30.6 Å². The van der Waals surface area contributed by atoms with Crippen molar-refractivity contribution in [2.75, 3.05) is 0 Å². The highest BCUT2D eigenvalue weighted by molar-refractivity contribution is 5.70. The Morgan fingerprint density at radius 1 is 1.32 bits per heavy atom. The number of esters is 1. The Morgan fingerprint density at radius 3 is 2.73 bits per heavy atom. The predicted octanol–water partition coefficient (Wildman–Crippen LogP) is 4.33. The molecule has 0 heterocycles. The fraction of sp³-hybridized carbons (Fsp3) is 0.632. The molecule has 1 saturated carbocycles. The third kappa shape index (κ3) is 4.49. The van der Waals surface area contributed by atoms with E-state index in [4.69, 9.17) is 4.74 Å². The molecule has 1 aromatic carbocycles. The molecule has 3 heteroatoms. The standard InChI is InChI=1S/C19H28O3/c1-13(2)16-10-8-14(3)12-18(16)22-19(21)11-9-15-6-4-5-7-17(15)20/h4-7,13-14,16,18,20H,8-12H2,1-3H3. The largest absolute Gasteiger partial charge is 0.508 e. The van der Waals surface area contributed by atoms with Crippen molar-refractivity contribution < 1.29 is 14.6 Å². The van der Waals surface area contributed by atoms with Gasteiger partial charge in [0.25, 0.3) is 0 Å². The Hall–Kier alpha value is -1.51. The molecule has 2 rings (SSSR count). The van der Waals surface area contributed by atoms with Gasteiger partial charge >= 0.3 is 5.97 Å². The van der Waals surface area contributed by atoms with Gasteiger partial charge in [-0.3, -0.25) is 4.79 Å². The highest BCUT2D eigenvalue weighted by Gasteiger charge is 2.33. The Kier molecular flexibility index (Phi) is 5.87. The van der Waals surface area contributed by atoms with Crippen molar-refractivity contribution in [3.8, 4) is 5.75 Å². The molecule has 0 amide bonds. The van der Waals surface area contributed by atoms with Gasteiger partial charge in [0.05, 0.1) is 0 Å². The van der Waals surface area contributed by atoms with Crippen LogP contribution >= 0.6 is 0 Å². The van der Waals surface area contributed by atoms with Crippen molar-refractivity contribution in [1.29, 1.82) is 0 Å². The van der Waals surface area contributed by atoms with Crippen molar-refractivity contribution in [3.63, 3.8) is 0 Å². The van der Waals surface area contributed by atoms with Gasteiger partial charge in [-0.1, -0.05) is 45.4 Å². The average Bonchev–Trinajstić information content (AvgIpc) is 2.46. The number of ether oxygens (including phenoxy) is 1. The molecule has 0 radical (unpaired) electrons. The minimum Gasteiger partial charge on any atom is -0.508 e. The van der Waals surface area contributed by atoms with Gasteiger partial charge < -0.3 is 9.84 Å². The van der Waals surface area contributed by atoms with Crippen LogP contribution in [-0.4, -0.2) is 17.2 Å². The second-order valence-corrected chi connectivity index (χ2v) is 6.98. The molecule has 3 atom stereocenters. The summed E-state index contributed by atoms with van der Waals surface area (Å²) in [6.07, 6.45) is 4.27. The number of aryl methyl sites for hydroxylation is 1. The molecule has 0 aliphatic heterocycles. The predicted molar refractivity (Wildman–Crippen MR) is 87.7 cm³/mol. The van der Waals surface area contributed by atoms with E-state index < -0.39 is 0 Å². The SMILES string of the molecule is CC1CCC(C(C)C)C(OC(=O)CCc2ccccc2O)C1. The van der Waals surface area contributed by atoms with Crippen LogP contribution in [0.3, 0.4) is 0 Å². The van der Waals surface area contributed by atoms with Crippen LogP contribution in [0.4, 0.5) is 0 Å². The fourth-order valence-corrected chi connectivity index (χ4v) is 3.44. The van der Waals surface area contributed by atoms with Crippen LogP contribution in [0, 0.1) is 17.8 Å². The van der Waals surface area contributed by atoms with E-state index in [0.717, 1.165) is 18.4 Å². The van der Waals surface area contributed by atoms with E-state index in [1.165, 1.54) is 6.42 Å². The van der Waals surface area contributed by atoms with Crippen LogP contribution in [-0.2, 0) is 16.0 Å². The van der Waals surface area contributed by atoms with Crippen molar-refractivity contribution in [2.45, 2.75) is 59.0 Å². The molecular formula is C19H28O3. The van der Waals surface area contributed by atoms with Gasteiger partial charge in [-0.15, -0.1) is 0 Å². The van der Waals surface area contributed by atoms with Crippen LogP contribution < -0.4 is 0 Å². The lowest BCUT2D eigenvalue weighted by Crippen LogP contribution is -2.35. The number of carbonyl (C=O) groups is 1. The van der Waals surface area contributed by atoms with Crippen LogP contribution in [0.15, 0.2) is 24.3 Å². The van der Waals surface area contributed by atoms with E-state index in [-0.39, 0.29) is 17.8 Å². The Morgan fingerprint density at radius 2 is 2.05 bits per heavy atom. The maximum atomic E-state index is 12.2. The van der Waals surface area contributed by atoms with Crippen molar-refractivity contribution in [3.05, 3.63) is 29.8 Å². The van der Waals surface area contributed by atoms with Gasteiger partial charge in [-0.25, -0.2) is 0 Å².